The minimum atomic E-state index is -4.35. The largest absolute Gasteiger partial charge is 0.756 e. The third-order valence-corrected chi connectivity index (χ3v) is 6.74. The van der Waals surface area contributed by atoms with E-state index in [1.165, 1.54) is 83.5 Å². The van der Waals surface area contributed by atoms with Crippen LogP contribution < -0.4 is 10.2 Å². The van der Waals surface area contributed by atoms with Crippen molar-refractivity contribution in [1.82, 2.24) is 5.32 Å². The van der Waals surface area contributed by atoms with Crippen molar-refractivity contribution in [1.29, 1.82) is 0 Å². The highest BCUT2D eigenvalue weighted by Crippen LogP contribution is 2.38. The molecular weight excluding hydrogens is 465 g/mol. The van der Waals surface area contributed by atoms with Gasteiger partial charge in [0, 0.05) is 25.3 Å². The zero-order valence-electron chi connectivity index (χ0n) is 23.6. The molecule has 212 valence electrons. The number of rotatable bonds is 26. The van der Waals surface area contributed by atoms with Crippen LogP contribution >= 0.6 is 7.82 Å². The minimum absolute atomic E-state index is 0.0347. The first kappa shape index (κ1) is 35.0. The summed E-state index contributed by atoms with van der Waals surface area (Å²) in [6.07, 6.45) is 18.1. The van der Waals surface area contributed by atoms with Crippen LogP contribution in [0.2, 0.25) is 0 Å². The number of hydrogen-bond acceptors (Lipinski definition) is 7. The first-order valence-corrected chi connectivity index (χ1v) is 15.7. The van der Waals surface area contributed by atoms with Gasteiger partial charge in [0.05, 0.1) is 19.8 Å². The van der Waals surface area contributed by atoms with Crippen LogP contribution in [0, 0.1) is 0 Å². The van der Waals surface area contributed by atoms with Gasteiger partial charge in [-0.2, -0.15) is 0 Å². The van der Waals surface area contributed by atoms with Gasteiger partial charge >= 0.3 is 0 Å². The topological polar surface area (TPSA) is 89.1 Å². The molecule has 0 rings (SSSR count). The van der Waals surface area contributed by atoms with E-state index in [1.807, 2.05) is 27.7 Å². The fraction of sp³-hybridized carbons (Fsp3) is 1.00. The molecule has 0 aromatic heterocycles. The molecule has 0 radical (unpaired) electrons. The van der Waals surface area contributed by atoms with Gasteiger partial charge in [-0.05, 0) is 34.1 Å². The fourth-order valence-corrected chi connectivity index (χ4v) is 4.53. The van der Waals surface area contributed by atoms with Crippen molar-refractivity contribution in [3.8, 4) is 0 Å². The van der Waals surface area contributed by atoms with E-state index < -0.39 is 13.9 Å². The van der Waals surface area contributed by atoms with E-state index in [0.29, 0.717) is 26.4 Å². The van der Waals surface area contributed by atoms with Crippen molar-refractivity contribution in [3.63, 3.8) is 0 Å². The second-order valence-electron chi connectivity index (χ2n) is 10.5. The summed E-state index contributed by atoms with van der Waals surface area (Å²) in [5, 5.41) is 3.17. The Kier molecular flexibility index (Phi) is 23.1. The Morgan fingerprint density at radius 2 is 1.26 bits per heavy atom. The smallest absolute Gasteiger partial charge is 0.268 e. The molecular formula is C27H57NO6P-. The molecule has 0 aliphatic carbocycles. The highest BCUT2D eigenvalue weighted by Gasteiger charge is 2.16. The monoisotopic (exact) mass is 522 g/mol. The molecule has 0 aromatic carbocycles. The van der Waals surface area contributed by atoms with Gasteiger partial charge in [0.25, 0.3) is 7.82 Å². The number of nitrogens with one attached hydrogen (secondary N) is 1. The Labute approximate surface area is 217 Å². The molecule has 0 aromatic rings. The molecule has 0 spiro atoms. The highest BCUT2D eigenvalue weighted by atomic mass is 31.2. The zero-order valence-corrected chi connectivity index (χ0v) is 24.5. The van der Waals surface area contributed by atoms with Crippen LogP contribution in [0.25, 0.3) is 0 Å². The lowest BCUT2D eigenvalue weighted by molar-refractivity contribution is -0.228. The zero-order chi connectivity index (χ0) is 26.3. The normalized spacial score (nSPS) is 14.8. The third-order valence-electron chi connectivity index (χ3n) is 5.77. The summed E-state index contributed by atoms with van der Waals surface area (Å²) >= 11 is 0. The van der Waals surface area contributed by atoms with Crippen LogP contribution in [-0.2, 0) is 23.1 Å². The van der Waals surface area contributed by atoms with Crippen molar-refractivity contribution >= 4 is 7.82 Å². The first-order chi connectivity index (χ1) is 16.7. The second-order valence-corrected chi connectivity index (χ2v) is 11.9. The van der Waals surface area contributed by atoms with Gasteiger partial charge in [-0.1, -0.05) is 90.4 Å². The Bertz CT molecular complexity index is 501. The second kappa shape index (κ2) is 23.1. The number of hydrogen-bond donors (Lipinski definition) is 1. The predicted octanol–water partition coefficient (Wildman–Crippen LogP) is 6.78. The molecule has 0 amide bonds. The Morgan fingerprint density at radius 3 is 1.74 bits per heavy atom. The molecule has 0 saturated heterocycles. The molecule has 0 fully saturated rings. The van der Waals surface area contributed by atoms with E-state index in [1.54, 1.807) is 0 Å². The van der Waals surface area contributed by atoms with Gasteiger partial charge in [-0.3, -0.25) is 4.57 Å². The van der Waals surface area contributed by atoms with Crippen LogP contribution in [0.5, 0.6) is 0 Å². The lowest BCUT2D eigenvalue weighted by atomic mass is 10.0. The van der Waals surface area contributed by atoms with Gasteiger partial charge in [0.1, 0.15) is 6.10 Å². The Balaban J connectivity index is 3.66. The maximum atomic E-state index is 11.9. The molecule has 2 atom stereocenters. The maximum Gasteiger partial charge on any atom is 0.268 e. The highest BCUT2D eigenvalue weighted by molar-refractivity contribution is 7.45. The maximum absolute atomic E-state index is 11.9. The molecule has 0 heterocycles. The summed E-state index contributed by atoms with van der Waals surface area (Å²) < 4.78 is 33.1. The van der Waals surface area contributed by atoms with E-state index in [0.717, 1.165) is 6.42 Å². The summed E-state index contributed by atoms with van der Waals surface area (Å²) in [7, 11) is -4.35. The van der Waals surface area contributed by atoms with Crippen molar-refractivity contribution in [2.45, 2.75) is 136 Å². The van der Waals surface area contributed by atoms with Crippen molar-refractivity contribution in [3.05, 3.63) is 0 Å². The third kappa shape index (κ3) is 26.9. The van der Waals surface area contributed by atoms with Gasteiger partial charge in [-0.25, -0.2) is 0 Å². The van der Waals surface area contributed by atoms with E-state index in [2.05, 4.69) is 12.2 Å². The molecule has 7 nitrogen and oxygen atoms in total. The summed E-state index contributed by atoms with van der Waals surface area (Å²) in [6.45, 7) is 12.0. The summed E-state index contributed by atoms with van der Waals surface area (Å²) in [5.41, 5.74) is -0.0958. The Morgan fingerprint density at radius 1 is 0.743 bits per heavy atom. The average molecular weight is 523 g/mol. The van der Waals surface area contributed by atoms with Gasteiger partial charge in [0.15, 0.2) is 0 Å². The van der Waals surface area contributed by atoms with Gasteiger partial charge in [0.2, 0.25) is 0 Å². The minimum Gasteiger partial charge on any atom is -0.756 e. The lowest BCUT2D eigenvalue weighted by Gasteiger charge is -2.26. The predicted molar refractivity (Wildman–Crippen MR) is 144 cm³/mol. The first-order valence-electron chi connectivity index (χ1n) is 14.2. The van der Waals surface area contributed by atoms with Crippen LogP contribution in [0.4, 0.5) is 0 Å². The van der Waals surface area contributed by atoms with E-state index in [4.69, 9.17) is 18.5 Å². The fourth-order valence-electron chi connectivity index (χ4n) is 3.79. The molecule has 0 aliphatic rings. The van der Waals surface area contributed by atoms with E-state index in [-0.39, 0.29) is 18.8 Å². The number of phosphoric ester groups is 1. The number of phosphoric acid groups is 1. The van der Waals surface area contributed by atoms with Crippen molar-refractivity contribution in [2.24, 2.45) is 0 Å². The van der Waals surface area contributed by atoms with Gasteiger partial charge in [-0.15, -0.1) is 0 Å². The SMILES string of the molecule is CCCCCCCCCCCCCCCCOCC(COP(=O)([O-])OCCNC(C)(C)C)OCC. The van der Waals surface area contributed by atoms with Crippen LogP contribution in [0.3, 0.4) is 0 Å². The lowest BCUT2D eigenvalue weighted by Crippen LogP contribution is -2.38. The van der Waals surface area contributed by atoms with E-state index >= 15 is 0 Å². The molecule has 35 heavy (non-hydrogen) atoms. The molecule has 0 aliphatic heterocycles. The average Bonchev–Trinajstić information content (AvgIpc) is 2.79. The summed E-state index contributed by atoms with van der Waals surface area (Å²) in [4.78, 5) is 11.9. The molecule has 1 N–H and O–H groups in total. The molecule has 2 unspecified atom stereocenters. The number of unbranched alkanes of at least 4 members (excludes halogenated alkanes) is 13. The molecule has 0 bridgehead atoms. The van der Waals surface area contributed by atoms with Crippen molar-refractivity contribution < 1.29 is 28.0 Å². The van der Waals surface area contributed by atoms with Crippen LogP contribution in [0.1, 0.15) is 125 Å². The summed E-state index contributed by atoms with van der Waals surface area (Å²) in [6, 6.07) is 0. The summed E-state index contributed by atoms with van der Waals surface area (Å²) in [5.74, 6) is 0. The molecule has 0 saturated carbocycles. The standard InChI is InChI=1S/C27H58NO6P/c1-6-8-9-10-11-12-13-14-15-16-17-18-19-20-22-31-24-26(32-7-2)25-34-35(29,30)33-23-21-28-27(3,4)5/h26,28H,6-25H2,1-5H3,(H,29,30)/p-1. The Hall–Kier alpha value is -0.0100. The number of ether oxygens (including phenoxy) is 2. The van der Waals surface area contributed by atoms with Crippen LogP contribution in [0.15, 0.2) is 0 Å². The van der Waals surface area contributed by atoms with Crippen molar-refractivity contribution in [2.75, 3.05) is 39.6 Å². The van der Waals surface area contributed by atoms with E-state index in [9.17, 15) is 9.46 Å². The van der Waals surface area contributed by atoms with Crippen LogP contribution in [-0.4, -0.2) is 51.2 Å². The quantitative estimate of drug-likeness (QED) is 0.0989. The molecule has 8 heteroatoms. The van der Waals surface area contributed by atoms with Gasteiger partial charge < -0.3 is 28.7 Å².